The minimum atomic E-state index is -0.377. The van der Waals surface area contributed by atoms with Gasteiger partial charge in [-0.15, -0.1) is 0 Å². The largest absolute Gasteiger partial charge is 0.286 e. The summed E-state index contributed by atoms with van der Waals surface area (Å²) >= 11 is 0. The summed E-state index contributed by atoms with van der Waals surface area (Å²) in [6.07, 6.45) is 11.0. The maximum Gasteiger partial charge on any atom is 0.279 e. The van der Waals surface area contributed by atoms with E-state index in [0.717, 1.165) is 55.2 Å². The average molecular weight is 854 g/mol. The van der Waals surface area contributed by atoms with E-state index in [2.05, 4.69) is 29.9 Å². The van der Waals surface area contributed by atoms with E-state index in [1.54, 1.807) is 65.0 Å². The molecule has 9 aromatic rings. The lowest BCUT2D eigenvalue weighted by atomic mass is 10.1. The van der Waals surface area contributed by atoms with E-state index < -0.39 is 0 Å². The molecule has 0 bridgehead atoms. The molecule has 318 valence electrons. The molecule has 3 fully saturated rings. The Bertz CT molecular complexity index is 3310. The molecule has 3 aromatic carbocycles. The fraction of sp³-hybridized carbons (Fsp3) is 0.220. The number of halogens is 2. The van der Waals surface area contributed by atoms with Gasteiger partial charge in [0.2, 0.25) is 0 Å². The lowest BCUT2D eigenvalue weighted by Gasteiger charge is -2.11. The highest BCUT2D eigenvalue weighted by atomic mass is 19.1. The molecule has 14 heteroatoms. The summed E-state index contributed by atoms with van der Waals surface area (Å²) in [5.74, 6) is -0.691. The van der Waals surface area contributed by atoms with Crippen molar-refractivity contribution in [3.05, 3.63) is 176 Å². The van der Waals surface area contributed by atoms with Gasteiger partial charge in [-0.3, -0.25) is 28.1 Å². The standard InChI is InChI=1S/C17H14FN3O.C17H15N3O.C16H12FN3O/c1-10-9-11(18)4-7-13(10)15-17(22)21(12-5-6-12)16-14(20-15)3-2-8-19-16;1-11-4-2-5-12(10-11)15-17(21)20(13-7-8-13)16-14(19-15)6-3-9-18-16;17-11-4-1-3-10(9-11)14-16(21)20(12-6-7-12)15-13(19-14)5-2-8-18-15/h2-4,7-9,12H,5-6H2,1H3;2-6,9-10,13H,7-8H2,1H3;1-5,8-9,12H,6-7H2. The van der Waals surface area contributed by atoms with Gasteiger partial charge in [0, 0.05) is 53.4 Å². The molecule has 0 unspecified atom stereocenters. The Kier molecular flexibility index (Phi) is 10.5. The van der Waals surface area contributed by atoms with Crippen LogP contribution < -0.4 is 16.7 Å². The summed E-state index contributed by atoms with van der Waals surface area (Å²) in [5, 5.41) is 0. The van der Waals surface area contributed by atoms with Crippen molar-refractivity contribution in [1.29, 1.82) is 0 Å². The van der Waals surface area contributed by atoms with E-state index >= 15 is 0 Å². The smallest absolute Gasteiger partial charge is 0.279 e. The number of aryl methyl sites for hydroxylation is 2. The van der Waals surface area contributed by atoms with Crippen LogP contribution in [0.4, 0.5) is 8.78 Å². The fourth-order valence-electron chi connectivity index (χ4n) is 8.01. The molecule has 3 saturated carbocycles. The third-order valence-corrected chi connectivity index (χ3v) is 11.5. The second-order valence-corrected chi connectivity index (χ2v) is 16.5. The van der Waals surface area contributed by atoms with Crippen molar-refractivity contribution in [1.82, 2.24) is 43.6 Å². The second kappa shape index (κ2) is 16.6. The average Bonchev–Trinajstić information content (AvgIpc) is 4.13. The molecular weight excluding hydrogens is 813 g/mol. The Morgan fingerprint density at radius 1 is 0.469 bits per heavy atom. The van der Waals surface area contributed by atoms with Crippen LogP contribution in [-0.4, -0.2) is 43.6 Å². The van der Waals surface area contributed by atoms with Crippen molar-refractivity contribution in [2.75, 3.05) is 0 Å². The first-order valence-electron chi connectivity index (χ1n) is 21.3. The van der Waals surface area contributed by atoms with Gasteiger partial charge in [-0.1, -0.05) is 35.9 Å². The summed E-state index contributed by atoms with van der Waals surface area (Å²) in [4.78, 5) is 64.8. The molecule has 0 amide bonds. The van der Waals surface area contributed by atoms with Gasteiger partial charge in [0.1, 0.15) is 45.3 Å². The van der Waals surface area contributed by atoms with Crippen LogP contribution in [0.5, 0.6) is 0 Å². The minimum Gasteiger partial charge on any atom is -0.286 e. The summed E-state index contributed by atoms with van der Waals surface area (Å²) in [6, 6.07) is 30.0. The van der Waals surface area contributed by atoms with E-state index in [1.165, 1.54) is 24.3 Å². The van der Waals surface area contributed by atoms with Crippen LogP contribution in [0.1, 0.15) is 67.8 Å². The molecule has 3 aliphatic carbocycles. The maximum atomic E-state index is 13.4. The first kappa shape index (κ1) is 40.5. The highest BCUT2D eigenvalue weighted by Crippen LogP contribution is 2.38. The van der Waals surface area contributed by atoms with Crippen molar-refractivity contribution in [3.63, 3.8) is 0 Å². The zero-order valence-electron chi connectivity index (χ0n) is 35.0. The summed E-state index contributed by atoms with van der Waals surface area (Å²) in [6.45, 7) is 3.81. The third-order valence-electron chi connectivity index (χ3n) is 11.5. The third kappa shape index (κ3) is 7.98. The van der Waals surface area contributed by atoms with Crippen molar-refractivity contribution in [2.45, 2.75) is 70.5 Å². The number of nitrogens with zero attached hydrogens (tertiary/aromatic N) is 9. The topological polar surface area (TPSA) is 143 Å². The number of rotatable bonds is 6. The van der Waals surface area contributed by atoms with Crippen molar-refractivity contribution in [3.8, 4) is 33.8 Å². The Hall–Kier alpha value is -7.61. The van der Waals surface area contributed by atoms with Crippen molar-refractivity contribution >= 4 is 33.5 Å². The van der Waals surface area contributed by atoms with Crippen molar-refractivity contribution in [2.24, 2.45) is 0 Å². The number of benzene rings is 3. The monoisotopic (exact) mass is 853 g/mol. The predicted octanol–water partition coefficient (Wildman–Crippen LogP) is 9.28. The Labute approximate surface area is 364 Å². The van der Waals surface area contributed by atoms with E-state index in [0.29, 0.717) is 56.1 Å². The number of aromatic nitrogens is 9. The Balaban J connectivity index is 0.000000114. The van der Waals surface area contributed by atoms with Gasteiger partial charge in [0.05, 0.1) is 0 Å². The van der Waals surface area contributed by atoms with E-state index in [1.807, 2.05) is 60.0 Å². The number of hydrogen-bond acceptors (Lipinski definition) is 9. The second-order valence-electron chi connectivity index (χ2n) is 16.5. The summed E-state index contributed by atoms with van der Waals surface area (Å²) in [7, 11) is 0. The quantitative estimate of drug-likeness (QED) is 0.160. The Morgan fingerprint density at radius 2 is 0.891 bits per heavy atom. The summed E-state index contributed by atoms with van der Waals surface area (Å²) in [5.41, 5.74) is 8.70. The van der Waals surface area contributed by atoms with Crippen LogP contribution >= 0.6 is 0 Å². The van der Waals surface area contributed by atoms with Gasteiger partial charge in [0.25, 0.3) is 16.7 Å². The first-order chi connectivity index (χ1) is 31.1. The van der Waals surface area contributed by atoms with Gasteiger partial charge in [-0.25, -0.2) is 38.7 Å². The zero-order valence-corrected chi connectivity index (χ0v) is 35.0. The predicted molar refractivity (Wildman–Crippen MR) is 242 cm³/mol. The molecular formula is C50H41F2N9O3. The van der Waals surface area contributed by atoms with E-state index in [4.69, 9.17) is 0 Å². The van der Waals surface area contributed by atoms with Gasteiger partial charge in [-0.2, -0.15) is 0 Å². The molecule has 0 spiro atoms. The molecule has 12 nitrogen and oxygen atoms in total. The minimum absolute atomic E-state index is 0.0331. The molecule has 6 heterocycles. The molecule has 3 aliphatic rings. The van der Waals surface area contributed by atoms with Crippen LogP contribution in [0.25, 0.3) is 67.3 Å². The fourth-order valence-corrected chi connectivity index (χ4v) is 8.01. The van der Waals surface area contributed by atoms with Gasteiger partial charge >= 0.3 is 0 Å². The first-order valence-corrected chi connectivity index (χ1v) is 21.3. The SMILES string of the molecule is Cc1cc(F)ccc1-c1nc2cccnc2n(C2CC2)c1=O.Cc1cccc(-c2nc3cccnc3n(C3CC3)c2=O)c1.O=c1c(-c2cccc(F)c2)nc2cccnc2n1C1CC1. The van der Waals surface area contributed by atoms with Crippen LogP contribution in [0.2, 0.25) is 0 Å². The molecule has 0 radical (unpaired) electrons. The summed E-state index contributed by atoms with van der Waals surface area (Å²) < 4.78 is 32.0. The van der Waals surface area contributed by atoms with Crippen molar-refractivity contribution < 1.29 is 8.78 Å². The maximum absolute atomic E-state index is 13.4. The number of fused-ring (bicyclic) bond motifs is 3. The van der Waals surface area contributed by atoms with Crippen LogP contribution in [0.3, 0.4) is 0 Å². The molecule has 0 N–H and O–H groups in total. The Morgan fingerprint density at radius 3 is 1.33 bits per heavy atom. The molecule has 6 aromatic heterocycles. The van der Waals surface area contributed by atoms with Crippen LogP contribution in [0, 0.1) is 25.5 Å². The molecule has 12 rings (SSSR count). The lowest BCUT2D eigenvalue weighted by Crippen LogP contribution is -2.23. The van der Waals surface area contributed by atoms with Crippen LogP contribution in [0.15, 0.2) is 136 Å². The molecule has 64 heavy (non-hydrogen) atoms. The van der Waals surface area contributed by atoms with Gasteiger partial charge < -0.3 is 0 Å². The molecule has 0 aliphatic heterocycles. The normalized spacial score (nSPS) is 14.5. The lowest BCUT2D eigenvalue weighted by molar-refractivity contribution is 0.626. The number of pyridine rings is 3. The number of hydrogen-bond donors (Lipinski definition) is 0. The molecule has 0 atom stereocenters. The van der Waals surface area contributed by atoms with E-state index in [-0.39, 0.29) is 52.1 Å². The van der Waals surface area contributed by atoms with Gasteiger partial charge in [0.15, 0.2) is 16.9 Å². The zero-order chi connectivity index (χ0) is 44.1. The highest BCUT2D eigenvalue weighted by molar-refractivity contribution is 5.77. The van der Waals surface area contributed by atoms with E-state index in [9.17, 15) is 23.2 Å². The molecule has 0 saturated heterocycles. The highest BCUT2D eigenvalue weighted by Gasteiger charge is 2.31. The van der Waals surface area contributed by atoms with Gasteiger partial charge in [-0.05, 0) is 131 Å². The van der Waals surface area contributed by atoms with Crippen LogP contribution in [-0.2, 0) is 0 Å².